The summed E-state index contributed by atoms with van der Waals surface area (Å²) < 4.78 is 12.7. The van der Waals surface area contributed by atoms with Crippen LogP contribution in [0.2, 0.25) is 0 Å². The lowest BCUT2D eigenvalue weighted by atomic mass is 10.1. The molecule has 104 valence electrons. The Labute approximate surface area is 111 Å². The monoisotopic (exact) mass is 268 g/mol. The number of carbonyl (C=O) groups excluding carboxylic acids is 1. The Morgan fingerprint density at radius 1 is 1.32 bits per heavy atom. The first kappa shape index (κ1) is 14.9. The molecule has 0 saturated carbocycles. The molecule has 0 aliphatic heterocycles. The zero-order valence-corrected chi connectivity index (χ0v) is 10.7. The van der Waals surface area contributed by atoms with Crippen molar-refractivity contribution in [2.45, 2.75) is 12.8 Å². The fourth-order valence-electron chi connectivity index (χ4n) is 1.46. The van der Waals surface area contributed by atoms with Crippen molar-refractivity contribution in [1.29, 1.82) is 0 Å². The van der Waals surface area contributed by atoms with Gasteiger partial charge in [-0.05, 0) is 24.1 Å². The maximum atomic E-state index is 12.7. The number of amides is 2. The SMILES string of the molecule is CN(CCC(=O)O)C(=O)NCCc1ccc(F)cc1. The number of nitrogens with zero attached hydrogens (tertiary/aromatic N) is 1. The van der Waals surface area contributed by atoms with Crippen LogP contribution >= 0.6 is 0 Å². The highest BCUT2D eigenvalue weighted by atomic mass is 19.1. The van der Waals surface area contributed by atoms with Crippen LogP contribution in [0.25, 0.3) is 0 Å². The van der Waals surface area contributed by atoms with Crippen LogP contribution in [-0.4, -0.2) is 42.1 Å². The van der Waals surface area contributed by atoms with Gasteiger partial charge in [-0.15, -0.1) is 0 Å². The zero-order chi connectivity index (χ0) is 14.3. The van der Waals surface area contributed by atoms with E-state index in [0.29, 0.717) is 13.0 Å². The second-order valence-electron chi connectivity index (χ2n) is 4.17. The molecule has 0 heterocycles. The van der Waals surface area contributed by atoms with Crippen molar-refractivity contribution in [3.8, 4) is 0 Å². The van der Waals surface area contributed by atoms with Gasteiger partial charge in [-0.2, -0.15) is 0 Å². The predicted molar refractivity (Wildman–Crippen MR) is 68.4 cm³/mol. The van der Waals surface area contributed by atoms with E-state index in [9.17, 15) is 14.0 Å². The van der Waals surface area contributed by atoms with Gasteiger partial charge in [0.25, 0.3) is 0 Å². The van der Waals surface area contributed by atoms with E-state index in [1.54, 1.807) is 12.1 Å². The number of carboxylic acids is 1. The highest BCUT2D eigenvalue weighted by Gasteiger charge is 2.09. The van der Waals surface area contributed by atoms with Gasteiger partial charge in [-0.1, -0.05) is 12.1 Å². The quantitative estimate of drug-likeness (QED) is 0.821. The first-order chi connectivity index (χ1) is 8.99. The van der Waals surface area contributed by atoms with Gasteiger partial charge in [-0.25, -0.2) is 9.18 Å². The minimum Gasteiger partial charge on any atom is -0.481 e. The van der Waals surface area contributed by atoms with E-state index in [4.69, 9.17) is 5.11 Å². The molecule has 0 unspecified atom stereocenters. The van der Waals surface area contributed by atoms with Crippen LogP contribution in [0.4, 0.5) is 9.18 Å². The maximum absolute atomic E-state index is 12.7. The topological polar surface area (TPSA) is 69.6 Å². The Morgan fingerprint density at radius 2 is 1.95 bits per heavy atom. The van der Waals surface area contributed by atoms with E-state index >= 15 is 0 Å². The Balaban J connectivity index is 2.26. The fraction of sp³-hybridized carbons (Fsp3) is 0.385. The molecule has 19 heavy (non-hydrogen) atoms. The second kappa shape index (κ2) is 7.35. The number of nitrogens with one attached hydrogen (secondary N) is 1. The standard InChI is InChI=1S/C13H17FN2O3/c1-16(9-7-12(17)18)13(19)15-8-6-10-2-4-11(14)5-3-10/h2-5H,6-9H2,1H3,(H,15,19)(H,17,18). The lowest BCUT2D eigenvalue weighted by molar-refractivity contribution is -0.137. The highest BCUT2D eigenvalue weighted by Crippen LogP contribution is 2.02. The number of urea groups is 1. The Hall–Kier alpha value is -2.11. The van der Waals surface area contributed by atoms with E-state index in [1.807, 2.05) is 0 Å². The molecule has 0 spiro atoms. The second-order valence-corrected chi connectivity index (χ2v) is 4.17. The van der Waals surface area contributed by atoms with Gasteiger partial charge in [0.2, 0.25) is 0 Å². The molecule has 0 atom stereocenters. The van der Waals surface area contributed by atoms with E-state index in [2.05, 4.69) is 5.32 Å². The Bertz CT molecular complexity index is 434. The van der Waals surface area contributed by atoms with E-state index in [-0.39, 0.29) is 24.8 Å². The van der Waals surface area contributed by atoms with Crippen molar-refractivity contribution in [3.63, 3.8) is 0 Å². The molecule has 0 saturated heterocycles. The van der Waals surface area contributed by atoms with Crippen LogP contribution in [0.3, 0.4) is 0 Å². The highest BCUT2D eigenvalue weighted by molar-refractivity contribution is 5.74. The molecule has 5 nitrogen and oxygen atoms in total. The van der Waals surface area contributed by atoms with Gasteiger partial charge in [-0.3, -0.25) is 4.79 Å². The zero-order valence-electron chi connectivity index (χ0n) is 10.7. The Morgan fingerprint density at radius 3 is 2.53 bits per heavy atom. The summed E-state index contributed by atoms with van der Waals surface area (Å²) in [6.45, 7) is 0.583. The average Bonchev–Trinajstić information content (AvgIpc) is 2.38. The lowest BCUT2D eigenvalue weighted by Gasteiger charge is -2.16. The van der Waals surface area contributed by atoms with Crippen molar-refractivity contribution in [1.82, 2.24) is 10.2 Å². The minimum atomic E-state index is -0.939. The molecule has 0 aliphatic rings. The number of hydrogen-bond donors (Lipinski definition) is 2. The van der Waals surface area contributed by atoms with E-state index < -0.39 is 5.97 Å². The molecular weight excluding hydrogens is 251 g/mol. The predicted octanol–water partition coefficient (Wildman–Crippen LogP) is 1.48. The van der Waals surface area contributed by atoms with E-state index in [1.165, 1.54) is 24.1 Å². The summed E-state index contributed by atoms with van der Waals surface area (Å²) in [5, 5.41) is 11.2. The van der Waals surface area contributed by atoms with Crippen LogP contribution in [-0.2, 0) is 11.2 Å². The van der Waals surface area contributed by atoms with Crippen LogP contribution in [0.15, 0.2) is 24.3 Å². The first-order valence-corrected chi connectivity index (χ1v) is 5.94. The van der Waals surface area contributed by atoms with Crippen molar-refractivity contribution in [2.75, 3.05) is 20.1 Å². The van der Waals surface area contributed by atoms with Crippen LogP contribution < -0.4 is 5.32 Å². The van der Waals surface area contributed by atoms with Gasteiger partial charge in [0.15, 0.2) is 0 Å². The van der Waals surface area contributed by atoms with Gasteiger partial charge >= 0.3 is 12.0 Å². The van der Waals surface area contributed by atoms with Crippen LogP contribution in [0.5, 0.6) is 0 Å². The summed E-state index contributed by atoms with van der Waals surface area (Å²) in [5.41, 5.74) is 0.926. The number of benzene rings is 1. The van der Waals surface area contributed by atoms with Gasteiger partial charge < -0.3 is 15.3 Å². The van der Waals surface area contributed by atoms with E-state index in [0.717, 1.165) is 5.56 Å². The smallest absolute Gasteiger partial charge is 0.317 e. The fourth-order valence-corrected chi connectivity index (χ4v) is 1.46. The molecule has 0 aromatic heterocycles. The van der Waals surface area contributed by atoms with Crippen molar-refractivity contribution >= 4 is 12.0 Å². The molecule has 1 aromatic carbocycles. The molecule has 0 bridgehead atoms. The number of rotatable bonds is 6. The lowest BCUT2D eigenvalue weighted by Crippen LogP contribution is -2.39. The number of carboxylic acid groups (broad SMARTS) is 1. The van der Waals surface area contributed by atoms with Gasteiger partial charge in [0, 0.05) is 20.1 Å². The normalized spacial score (nSPS) is 10.0. The summed E-state index contributed by atoms with van der Waals surface area (Å²) in [4.78, 5) is 23.2. The molecule has 0 radical (unpaired) electrons. The molecular formula is C13H17FN2O3. The maximum Gasteiger partial charge on any atom is 0.317 e. The molecule has 1 aromatic rings. The van der Waals surface area contributed by atoms with Gasteiger partial charge in [0.05, 0.1) is 6.42 Å². The summed E-state index contributed by atoms with van der Waals surface area (Å²) in [5.74, 6) is -1.23. The average molecular weight is 268 g/mol. The number of carbonyl (C=O) groups is 2. The van der Waals surface area contributed by atoms with Gasteiger partial charge in [0.1, 0.15) is 5.82 Å². The Kier molecular flexibility index (Phi) is 5.78. The largest absolute Gasteiger partial charge is 0.481 e. The third kappa shape index (κ3) is 5.85. The van der Waals surface area contributed by atoms with Crippen LogP contribution in [0.1, 0.15) is 12.0 Å². The summed E-state index contributed by atoms with van der Waals surface area (Å²) in [7, 11) is 1.54. The molecule has 0 fully saturated rings. The summed E-state index contributed by atoms with van der Waals surface area (Å²) >= 11 is 0. The van der Waals surface area contributed by atoms with Crippen molar-refractivity contribution < 1.29 is 19.1 Å². The number of aliphatic carboxylic acids is 1. The minimum absolute atomic E-state index is 0.0815. The third-order valence-electron chi connectivity index (χ3n) is 2.61. The van der Waals surface area contributed by atoms with Crippen molar-refractivity contribution in [2.24, 2.45) is 0 Å². The number of hydrogen-bond acceptors (Lipinski definition) is 2. The molecule has 0 aliphatic carbocycles. The number of halogens is 1. The molecule has 2 amide bonds. The van der Waals surface area contributed by atoms with Crippen LogP contribution in [0, 0.1) is 5.82 Å². The summed E-state index contributed by atoms with van der Waals surface area (Å²) in [6.07, 6.45) is 0.515. The summed E-state index contributed by atoms with van der Waals surface area (Å²) in [6, 6.07) is 5.75. The molecule has 6 heteroatoms. The molecule has 2 N–H and O–H groups in total. The molecule has 1 rings (SSSR count). The first-order valence-electron chi connectivity index (χ1n) is 5.94. The third-order valence-corrected chi connectivity index (χ3v) is 2.61. The van der Waals surface area contributed by atoms with Crippen molar-refractivity contribution in [3.05, 3.63) is 35.6 Å².